The van der Waals surface area contributed by atoms with E-state index in [4.69, 9.17) is 9.84 Å². The molecule has 5 heteroatoms. The SMILES string of the molecule is CCOC(=O)C1NC(C)=CC1(C)C(=O)O. The van der Waals surface area contributed by atoms with Gasteiger partial charge in [0.15, 0.2) is 0 Å². The number of allylic oxidation sites excluding steroid dienone is 1. The van der Waals surface area contributed by atoms with E-state index in [0.717, 1.165) is 0 Å². The van der Waals surface area contributed by atoms with Crippen molar-refractivity contribution in [1.29, 1.82) is 0 Å². The summed E-state index contributed by atoms with van der Waals surface area (Å²) in [6.07, 6.45) is 1.54. The van der Waals surface area contributed by atoms with Crippen molar-refractivity contribution in [1.82, 2.24) is 5.32 Å². The first-order valence-electron chi connectivity index (χ1n) is 4.78. The third-order valence-corrected chi connectivity index (χ3v) is 2.47. The smallest absolute Gasteiger partial charge is 0.330 e. The Morgan fingerprint density at radius 1 is 1.67 bits per heavy atom. The summed E-state index contributed by atoms with van der Waals surface area (Å²) >= 11 is 0. The van der Waals surface area contributed by atoms with Crippen molar-refractivity contribution >= 4 is 11.9 Å². The molecule has 0 saturated carbocycles. The van der Waals surface area contributed by atoms with Gasteiger partial charge < -0.3 is 15.2 Å². The summed E-state index contributed by atoms with van der Waals surface area (Å²) in [5.41, 5.74) is -0.547. The number of carboxylic acids is 1. The van der Waals surface area contributed by atoms with Crippen LogP contribution in [-0.2, 0) is 14.3 Å². The monoisotopic (exact) mass is 213 g/mol. The van der Waals surface area contributed by atoms with Crippen LogP contribution in [0.5, 0.6) is 0 Å². The van der Waals surface area contributed by atoms with Crippen molar-refractivity contribution in [2.75, 3.05) is 6.61 Å². The number of esters is 1. The van der Waals surface area contributed by atoms with E-state index in [1.807, 2.05) is 0 Å². The zero-order valence-corrected chi connectivity index (χ0v) is 9.03. The Kier molecular flexibility index (Phi) is 3.02. The molecule has 0 aromatic heterocycles. The molecule has 0 bridgehead atoms. The number of hydrogen-bond donors (Lipinski definition) is 2. The summed E-state index contributed by atoms with van der Waals surface area (Å²) < 4.78 is 4.82. The molecule has 15 heavy (non-hydrogen) atoms. The quantitative estimate of drug-likeness (QED) is 0.668. The average molecular weight is 213 g/mol. The van der Waals surface area contributed by atoms with Gasteiger partial charge in [-0.2, -0.15) is 0 Å². The van der Waals surface area contributed by atoms with E-state index in [2.05, 4.69) is 5.32 Å². The second kappa shape index (κ2) is 3.92. The van der Waals surface area contributed by atoms with Crippen LogP contribution in [0.25, 0.3) is 0 Å². The van der Waals surface area contributed by atoms with Gasteiger partial charge in [-0.05, 0) is 26.8 Å². The van der Waals surface area contributed by atoms with Crippen molar-refractivity contribution in [2.45, 2.75) is 26.8 Å². The normalized spacial score (nSPS) is 29.3. The largest absolute Gasteiger partial charge is 0.481 e. The van der Waals surface area contributed by atoms with Gasteiger partial charge in [-0.25, -0.2) is 4.79 Å². The molecular formula is C10H15NO4. The molecule has 0 amide bonds. The lowest BCUT2D eigenvalue weighted by Gasteiger charge is -2.24. The van der Waals surface area contributed by atoms with E-state index < -0.39 is 23.4 Å². The lowest BCUT2D eigenvalue weighted by atomic mass is 9.84. The molecule has 0 aromatic carbocycles. The van der Waals surface area contributed by atoms with Crippen LogP contribution >= 0.6 is 0 Å². The number of carbonyl (C=O) groups excluding carboxylic acids is 1. The summed E-state index contributed by atoms with van der Waals surface area (Å²) in [7, 11) is 0. The fourth-order valence-corrected chi connectivity index (χ4v) is 1.67. The van der Waals surface area contributed by atoms with Gasteiger partial charge in [0.1, 0.15) is 11.5 Å². The summed E-state index contributed by atoms with van der Waals surface area (Å²) in [5, 5.41) is 11.9. The molecule has 0 aliphatic carbocycles. The third kappa shape index (κ3) is 1.95. The van der Waals surface area contributed by atoms with E-state index in [0.29, 0.717) is 5.70 Å². The molecule has 2 N–H and O–H groups in total. The lowest BCUT2D eigenvalue weighted by molar-refractivity contribution is -0.156. The van der Waals surface area contributed by atoms with Crippen molar-refractivity contribution in [3.05, 3.63) is 11.8 Å². The lowest BCUT2D eigenvalue weighted by Crippen LogP contribution is -2.47. The highest BCUT2D eigenvalue weighted by Crippen LogP contribution is 2.31. The maximum atomic E-state index is 11.5. The fourth-order valence-electron chi connectivity index (χ4n) is 1.67. The highest BCUT2D eigenvalue weighted by atomic mass is 16.5. The molecule has 1 aliphatic heterocycles. The molecule has 2 unspecified atom stereocenters. The highest BCUT2D eigenvalue weighted by Gasteiger charge is 2.48. The Hall–Kier alpha value is -1.52. The molecular weight excluding hydrogens is 198 g/mol. The summed E-state index contributed by atoms with van der Waals surface area (Å²) in [6, 6.07) is -0.838. The predicted octanol–water partition coefficient (Wildman–Crippen LogP) is 0.516. The fraction of sp³-hybridized carbons (Fsp3) is 0.600. The Labute approximate surface area is 88.1 Å². The molecule has 84 valence electrons. The average Bonchev–Trinajstić information content (AvgIpc) is 2.43. The Morgan fingerprint density at radius 2 is 2.27 bits per heavy atom. The van der Waals surface area contributed by atoms with Crippen LogP contribution in [0.1, 0.15) is 20.8 Å². The van der Waals surface area contributed by atoms with Gasteiger partial charge in [-0.15, -0.1) is 0 Å². The molecule has 1 heterocycles. The molecule has 0 saturated heterocycles. The molecule has 2 atom stereocenters. The molecule has 0 aromatic rings. The highest BCUT2D eigenvalue weighted by molar-refractivity contribution is 5.89. The maximum Gasteiger partial charge on any atom is 0.330 e. The first-order chi connectivity index (χ1) is 6.91. The van der Waals surface area contributed by atoms with Crippen LogP contribution in [0.4, 0.5) is 0 Å². The van der Waals surface area contributed by atoms with Crippen LogP contribution in [0.3, 0.4) is 0 Å². The Balaban J connectivity index is 2.92. The topological polar surface area (TPSA) is 75.6 Å². The molecule has 0 radical (unpaired) electrons. The van der Waals surface area contributed by atoms with Crippen LogP contribution in [0.2, 0.25) is 0 Å². The molecule has 5 nitrogen and oxygen atoms in total. The number of carbonyl (C=O) groups is 2. The number of nitrogens with one attached hydrogen (secondary N) is 1. The molecule has 1 rings (SSSR count). The van der Waals surface area contributed by atoms with E-state index in [1.54, 1.807) is 13.8 Å². The van der Waals surface area contributed by atoms with E-state index in [-0.39, 0.29) is 6.61 Å². The van der Waals surface area contributed by atoms with Crippen molar-refractivity contribution in [3.8, 4) is 0 Å². The first-order valence-corrected chi connectivity index (χ1v) is 4.78. The maximum absolute atomic E-state index is 11.5. The van der Waals surface area contributed by atoms with Gasteiger partial charge in [0.05, 0.1) is 6.61 Å². The minimum absolute atomic E-state index is 0.242. The first kappa shape index (κ1) is 11.6. The number of aliphatic carboxylic acids is 1. The Bertz CT molecular complexity index is 323. The van der Waals surface area contributed by atoms with Crippen molar-refractivity contribution in [2.24, 2.45) is 5.41 Å². The number of hydrogen-bond acceptors (Lipinski definition) is 4. The van der Waals surface area contributed by atoms with Gasteiger partial charge in [-0.3, -0.25) is 4.79 Å². The molecule has 1 aliphatic rings. The predicted molar refractivity (Wildman–Crippen MR) is 53.1 cm³/mol. The standard InChI is InChI=1S/C10H15NO4/c1-4-15-8(12)7-10(3,9(13)14)5-6(2)11-7/h5,7,11H,4H2,1-3H3,(H,13,14). The van der Waals surface area contributed by atoms with Crippen LogP contribution in [0, 0.1) is 5.41 Å². The third-order valence-electron chi connectivity index (χ3n) is 2.47. The zero-order valence-electron chi connectivity index (χ0n) is 9.03. The van der Waals surface area contributed by atoms with Gasteiger partial charge in [0, 0.05) is 5.70 Å². The minimum Gasteiger partial charge on any atom is -0.481 e. The van der Waals surface area contributed by atoms with Gasteiger partial charge in [0.2, 0.25) is 0 Å². The van der Waals surface area contributed by atoms with E-state index in [1.165, 1.54) is 13.0 Å². The van der Waals surface area contributed by atoms with Crippen LogP contribution in [0.15, 0.2) is 11.8 Å². The second-order valence-electron chi connectivity index (χ2n) is 3.74. The summed E-state index contributed by atoms with van der Waals surface area (Å²) in [5.74, 6) is -1.57. The Morgan fingerprint density at radius 3 is 2.73 bits per heavy atom. The number of ether oxygens (including phenoxy) is 1. The zero-order chi connectivity index (χ0) is 11.6. The molecule has 0 spiro atoms. The summed E-state index contributed by atoms with van der Waals surface area (Å²) in [4.78, 5) is 22.6. The summed E-state index contributed by atoms with van der Waals surface area (Å²) in [6.45, 7) is 5.15. The van der Waals surface area contributed by atoms with Crippen LogP contribution < -0.4 is 5.32 Å². The van der Waals surface area contributed by atoms with Crippen LogP contribution in [-0.4, -0.2) is 29.7 Å². The van der Waals surface area contributed by atoms with E-state index in [9.17, 15) is 9.59 Å². The number of rotatable bonds is 3. The number of carboxylic acid groups (broad SMARTS) is 1. The second-order valence-corrected chi connectivity index (χ2v) is 3.74. The van der Waals surface area contributed by atoms with Gasteiger partial charge >= 0.3 is 11.9 Å². The van der Waals surface area contributed by atoms with Crippen molar-refractivity contribution in [3.63, 3.8) is 0 Å². The van der Waals surface area contributed by atoms with Crippen molar-refractivity contribution < 1.29 is 19.4 Å². The molecule has 0 fully saturated rings. The van der Waals surface area contributed by atoms with Gasteiger partial charge in [0.25, 0.3) is 0 Å². The van der Waals surface area contributed by atoms with E-state index >= 15 is 0 Å². The minimum atomic E-state index is -1.23. The van der Waals surface area contributed by atoms with Gasteiger partial charge in [-0.1, -0.05) is 0 Å².